The van der Waals surface area contributed by atoms with E-state index in [1.807, 2.05) is 30.3 Å². The van der Waals surface area contributed by atoms with Gasteiger partial charge in [0.05, 0.1) is 0 Å². The molecule has 4 aliphatic rings. The second kappa shape index (κ2) is 16.5. The molecule has 1 unspecified atom stereocenters. The number of fused-ring (bicyclic) bond motifs is 1. The predicted molar refractivity (Wildman–Crippen MR) is 221 cm³/mol. The van der Waals surface area contributed by atoms with Crippen LogP contribution in [0, 0.1) is 5.92 Å². The Balaban J connectivity index is 0.859. The Morgan fingerprint density at radius 2 is 1.38 bits per heavy atom. The quantitative estimate of drug-likeness (QED) is 0.123. The predicted octanol–water partition coefficient (Wildman–Crippen LogP) is 4.54. The van der Waals surface area contributed by atoms with Gasteiger partial charge >= 0.3 is 7.12 Å². The molecule has 3 amide bonds. The smallest absolute Gasteiger partial charge is 0.423 e. The number of amides is 3. The van der Waals surface area contributed by atoms with Crippen molar-refractivity contribution in [1.82, 2.24) is 15.1 Å². The van der Waals surface area contributed by atoms with E-state index in [2.05, 4.69) is 81.5 Å². The van der Waals surface area contributed by atoms with Gasteiger partial charge < -0.3 is 24.7 Å². The highest BCUT2D eigenvalue weighted by molar-refractivity contribution is 6.58. The molecule has 3 saturated heterocycles. The van der Waals surface area contributed by atoms with Crippen LogP contribution in [0.4, 0.5) is 11.4 Å². The Labute approximate surface area is 329 Å². The minimum atomic E-state index is -1.50. The Bertz CT molecular complexity index is 2090. The van der Waals surface area contributed by atoms with Crippen molar-refractivity contribution in [3.05, 3.63) is 125 Å². The lowest BCUT2D eigenvalue weighted by atomic mass is 9.79. The molecule has 3 fully saturated rings. The maximum atomic E-state index is 13.4. The Morgan fingerprint density at radius 3 is 2.02 bits per heavy atom. The van der Waals surface area contributed by atoms with Gasteiger partial charge in [-0.25, -0.2) is 0 Å². The minimum absolute atomic E-state index is 0.125. The van der Waals surface area contributed by atoms with Crippen LogP contribution in [0.3, 0.4) is 0 Å². The SMILES string of the molecule is CC/C(=C(\c1ccc(B(O)O)cc1)c1ccc(N2CCC(CN3CCN(c4ccc5c(c4)C(=O)N(C4CCC(=O)NC4=O)C5)CC3)CC2)cc1)c1ccccc1. The number of imide groups is 1. The number of anilines is 2. The van der Waals surface area contributed by atoms with Crippen LogP contribution in [-0.2, 0) is 16.1 Å². The molecule has 0 aliphatic carbocycles. The molecule has 56 heavy (non-hydrogen) atoms. The third kappa shape index (κ3) is 7.89. The number of nitrogens with one attached hydrogen (secondary N) is 1. The van der Waals surface area contributed by atoms with Crippen molar-refractivity contribution in [2.75, 3.05) is 55.6 Å². The number of carbonyl (C=O) groups is 3. The van der Waals surface area contributed by atoms with Crippen LogP contribution in [0.25, 0.3) is 11.1 Å². The van der Waals surface area contributed by atoms with Gasteiger partial charge in [-0.3, -0.25) is 24.6 Å². The zero-order chi connectivity index (χ0) is 38.8. The highest BCUT2D eigenvalue weighted by Crippen LogP contribution is 2.36. The van der Waals surface area contributed by atoms with Gasteiger partial charge in [0.1, 0.15) is 6.04 Å². The molecule has 0 aromatic heterocycles. The van der Waals surface area contributed by atoms with Gasteiger partial charge in [0, 0.05) is 75.7 Å². The fraction of sp³-hybridized carbons (Fsp3) is 0.356. The molecular formula is C45H50BN5O5. The summed E-state index contributed by atoms with van der Waals surface area (Å²) in [5, 5.41) is 21.8. The number of hydrogen-bond donors (Lipinski definition) is 3. The molecule has 8 rings (SSSR count). The normalized spacial score (nSPS) is 19.9. The van der Waals surface area contributed by atoms with Gasteiger partial charge in [0.2, 0.25) is 11.8 Å². The van der Waals surface area contributed by atoms with Gasteiger partial charge in [0.15, 0.2) is 0 Å². The molecule has 1 atom stereocenters. The number of benzene rings is 4. The zero-order valence-electron chi connectivity index (χ0n) is 32.1. The summed E-state index contributed by atoms with van der Waals surface area (Å²) in [5.41, 5.74) is 10.1. The molecule has 11 heteroatoms. The van der Waals surface area contributed by atoms with Crippen molar-refractivity contribution in [1.29, 1.82) is 0 Å². The Hall–Kier alpha value is -5.23. The van der Waals surface area contributed by atoms with Crippen LogP contribution >= 0.6 is 0 Å². The van der Waals surface area contributed by atoms with Crippen molar-refractivity contribution in [3.8, 4) is 0 Å². The van der Waals surface area contributed by atoms with E-state index in [1.54, 1.807) is 17.0 Å². The molecule has 4 aliphatic heterocycles. The lowest BCUT2D eigenvalue weighted by Gasteiger charge is -2.40. The second-order valence-electron chi connectivity index (χ2n) is 15.6. The second-order valence-corrected chi connectivity index (χ2v) is 15.6. The van der Waals surface area contributed by atoms with Gasteiger partial charge in [-0.05, 0) is 94.7 Å². The third-order valence-electron chi connectivity index (χ3n) is 12.2. The lowest BCUT2D eigenvalue weighted by molar-refractivity contribution is -0.136. The van der Waals surface area contributed by atoms with Crippen molar-refractivity contribution >= 4 is 52.8 Å². The first kappa shape index (κ1) is 37.7. The van der Waals surface area contributed by atoms with Gasteiger partial charge in [-0.15, -0.1) is 0 Å². The van der Waals surface area contributed by atoms with Gasteiger partial charge in [-0.2, -0.15) is 0 Å². The molecule has 0 bridgehead atoms. The van der Waals surface area contributed by atoms with Crippen molar-refractivity contribution in [2.24, 2.45) is 5.92 Å². The van der Waals surface area contributed by atoms with Crippen molar-refractivity contribution in [3.63, 3.8) is 0 Å². The number of piperazine rings is 1. The van der Waals surface area contributed by atoms with Gasteiger partial charge in [-0.1, -0.05) is 79.7 Å². The first-order valence-corrected chi connectivity index (χ1v) is 20.1. The lowest BCUT2D eigenvalue weighted by Crippen LogP contribution is -2.52. The van der Waals surface area contributed by atoms with Crippen molar-refractivity contribution in [2.45, 2.75) is 51.6 Å². The Morgan fingerprint density at radius 1 is 0.732 bits per heavy atom. The molecule has 4 aromatic rings. The molecule has 0 saturated carbocycles. The molecule has 288 valence electrons. The van der Waals surface area contributed by atoms with E-state index >= 15 is 0 Å². The maximum absolute atomic E-state index is 13.4. The van der Waals surface area contributed by atoms with Crippen LogP contribution in [-0.4, -0.2) is 96.5 Å². The van der Waals surface area contributed by atoms with E-state index in [9.17, 15) is 24.4 Å². The van der Waals surface area contributed by atoms with Crippen LogP contribution in [0.2, 0.25) is 0 Å². The van der Waals surface area contributed by atoms with Crippen LogP contribution in [0.1, 0.15) is 71.6 Å². The highest BCUT2D eigenvalue weighted by atomic mass is 16.4. The fourth-order valence-corrected chi connectivity index (χ4v) is 9.01. The summed E-state index contributed by atoms with van der Waals surface area (Å²) in [6, 6.07) is 32.5. The fourth-order valence-electron chi connectivity index (χ4n) is 9.01. The summed E-state index contributed by atoms with van der Waals surface area (Å²) in [4.78, 5) is 46.5. The van der Waals surface area contributed by atoms with E-state index in [4.69, 9.17) is 0 Å². The third-order valence-corrected chi connectivity index (χ3v) is 12.2. The number of hydrogen-bond acceptors (Lipinski definition) is 8. The topological polar surface area (TPSA) is 117 Å². The van der Waals surface area contributed by atoms with Crippen LogP contribution in [0.5, 0.6) is 0 Å². The molecule has 0 radical (unpaired) electrons. The van der Waals surface area contributed by atoms with E-state index in [0.717, 1.165) is 93.0 Å². The summed E-state index contributed by atoms with van der Waals surface area (Å²) in [6.45, 7) is 9.52. The summed E-state index contributed by atoms with van der Waals surface area (Å²) in [6.07, 6.45) is 3.79. The summed E-state index contributed by atoms with van der Waals surface area (Å²) in [7, 11) is -1.50. The van der Waals surface area contributed by atoms with Crippen LogP contribution < -0.4 is 20.6 Å². The highest BCUT2D eigenvalue weighted by Gasteiger charge is 2.39. The number of nitrogens with zero attached hydrogens (tertiary/aromatic N) is 4. The molecule has 10 nitrogen and oxygen atoms in total. The molecular weight excluding hydrogens is 701 g/mol. The number of piperidine rings is 2. The molecule has 4 aromatic carbocycles. The number of rotatable bonds is 10. The largest absolute Gasteiger partial charge is 0.488 e. The monoisotopic (exact) mass is 751 g/mol. The average Bonchev–Trinajstić information content (AvgIpc) is 3.55. The summed E-state index contributed by atoms with van der Waals surface area (Å²) >= 11 is 0. The standard InChI is InChI=1S/C45H50BN5O5/c1-2-39(32-6-4-3-5-7-32)43(33-8-13-36(14-9-33)46(55)56)34-10-15-37(16-11-34)49-22-20-31(21-23-49)29-48-24-26-50(27-25-48)38-17-12-35-30-51(45(54)40(35)28-38)41-18-19-42(52)47-44(41)53/h3-17,28,31,41,55-56H,2,18-27,29-30H2,1H3,(H,47,52,53)/b43-39-. The van der Waals surface area contributed by atoms with Crippen molar-refractivity contribution < 1.29 is 24.4 Å². The first-order chi connectivity index (χ1) is 27.2. The molecule has 0 spiro atoms. The van der Waals surface area contributed by atoms with E-state index < -0.39 is 13.2 Å². The average molecular weight is 752 g/mol. The Kier molecular flexibility index (Phi) is 11.1. The molecule has 4 heterocycles. The number of allylic oxidation sites excluding steroid dienone is 1. The summed E-state index contributed by atoms with van der Waals surface area (Å²) < 4.78 is 0. The molecule has 3 N–H and O–H groups in total. The van der Waals surface area contributed by atoms with Gasteiger partial charge in [0.25, 0.3) is 5.91 Å². The first-order valence-electron chi connectivity index (χ1n) is 20.1. The minimum Gasteiger partial charge on any atom is -0.423 e. The van der Waals surface area contributed by atoms with E-state index in [1.165, 1.54) is 16.8 Å². The van der Waals surface area contributed by atoms with Crippen LogP contribution in [0.15, 0.2) is 97.1 Å². The summed E-state index contributed by atoms with van der Waals surface area (Å²) in [5.74, 6) is -0.123. The number of carbonyl (C=O) groups excluding carboxylic acids is 3. The maximum Gasteiger partial charge on any atom is 0.488 e. The zero-order valence-corrected chi connectivity index (χ0v) is 32.1. The van der Waals surface area contributed by atoms with E-state index in [0.29, 0.717) is 29.9 Å². The van der Waals surface area contributed by atoms with E-state index in [-0.39, 0.29) is 24.1 Å².